The van der Waals surface area contributed by atoms with Gasteiger partial charge in [-0.25, -0.2) is 0 Å². The van der Waals surface area contributed by atoms with Gasteiger partial charge in [-0.3, -0.25) is 4.28 Å². The second kappa shape index (κ2) is 7.07. The minimum atomic E-state index is -3.92. The van der Waals surface area contributed by atoms with Crippen molar-refractivity contribution in [1.82, 2.24) is 0 Å². The van der Waals surface area contributed by atoms with Crippen molar-refractivity contribution in [2.75, 3.05) is 0 Å². The summed E-state index contributed by atoms with van der Waals surface area (Å²) >= 11 is 3.26. The first-order chi connectivity index (χ1) is 10.4. The van der Waals surface area contributed by atoms with Gasteiger partial charge >= 0.3 is 10.1 Å². The van der Waals surface area contributed by atoms with E-state index in [1.54, 1.807) is 12.1 Å². The zero-order valence-corrected chi connectivity index (χ0v) is 14.6. The van der Waals surface area contributed by atoms with Crippen molar-refractivity contribution in [3.05, 3.63) is 64.6 Å². The van der Waals surface area contributed by atoms with E-state index in [-0.39, 0.29) is 10.8 Å². The van der Waals surface area contributed by atoms with Crippen LogP contribution < -0.4 is 0 Å². The van der Waals surface area contributed by atoms with Crippen LogP contribution in [0.25, 0.3) is 0 Å². The van der Waals surface area contributed by atoms with Gasteiger partial charge in [0.15, 0.2) is 0 Å². The molecule has 4 nitrogen and oxygen atoms in total. The smallest absolute Gasteiger partial charge is 0.264 e. The first kappa shape index (κ1) is 16.7. The lowest BCUT2D eigenvalue weighted by Crippen LogP contribution is -2.12. The van der Waals surface area contributed by atoms with Crippen LogP contribution in [0.2, 0.25) is 0 Å². The Morgan fingerprint density at radius 1 is 1.05 bits per heavy atom. The summed E-state index contributed by atoms with van der Waals surface area (Å²) in [7, 11) is -3.92. The van der Waals surface area contributed by atoms with E-state index in [0.717, 1.165) is 10.0 Å². The molecule has 0 aromatic heterocycles. The van der Waals surface area contributed by atoms with Gasteiger partial charge in [-0.2, -0.15) is 8.42 Å². The number of oxime groups is 1. The molecule has 0 saturated carbocycles. The fraction of sp³-hybridized carbons (Fsp3) is 0.188. The Labute approximate surface area is 139 Å². The first-order valence-corrected chi connectivity index (χ1v) is 8.93. The van der Waals surface area contributed by atoms with E-state index >= 15 is 0 Å². The third-order valence-corrected chi connectivity index (χ3v) is 4.60. The van der Waals surface area contributed by atoms with Crippen LogP contribution in [0.1, 0.15) is 19.4 Å². The van der Waals surface area contributed by atoms with Gasteiger partial charge in [0.25, 0.3) is 0 Å². The number of halogens is 1. The van der Waals surface area contributed by atoms with Crippen molar-refractivity contribution < 1.29 is 12.7 Å². The van der Waals surface area contributed by atoms with Gasteiger partial charge in [0.1, 0.15) is 4.90 Å². The first-order valence-electron chi connectivity index (χ1n) is 6.72. The molecule has 2 aromatic carbocycles. The Morgan fingerprint density at radius 2 is 1.64 bits per heavy atom. The largest absolute Gasteiger partial charge is 0.358 e. The average molecular weight is 382 g/mol. The van der Waals surface area contributed by atoms with Crippen molar-refractivity contribution >= 4 is 31.8 Å². The van der Waals surface area contributed by atoms with Gasteiger partial charge in [0.2, 0.25) is 0 Å². The Balaban J connectivity index is 2.29. The van der Waals surface area contributed by atoms with Crippen LogP contribution in [0, 0.1) is 5.92 Å². The fourth-order valence-electron chi connectivity index (χ4n) is 1.83. The molecule has 0 heterocycles. The van der Waals surface area contributed by atoms with Gasteiger partial charge in [-0.05, 0) is 35.7 Å². The maximum Gasteiger partial charge on any atom is 0.358 e. The number of nitrogens with zero attached hydrogens (tertiary/aromatic N) is 1. The molecular formula is C16H16BrNO3S. The van der Waals surface area contributed by atoms with Crippen molar-refractivity contribution in [2.24, 2.45) is 11.1 Å². The molecule has 6 heteroatoms. The lowest BCUT2D eigenvalue weighted by Gasteiger charge is -2.10. The maximum atomic E-state index is 12.2. The highest BCUT2D eigenvalue weighted by atomic mass is 79.9. The molecule has 2 aromatic rings. The quantitative estimate of drug-likeness (QED) is 0.575. The van der Waals surface area contributed by atoms with Gasteiger partial charge in [0, 0.05) is 4.47 Å². The number of rotatable bonds is 5. The van der Waals surface area contributed by atoms with Gasteiger partial charge in [0.05, 0.1) is 5.71 Å². The lowest BCUT2D eigenvalue weighted by molar-refractivity contribution is 0.336. The van der Waals surface area contributed by atoms with Crippen molar-refractivity contribution in [3.63, 3.8) is 0 Å². The predicted octanol–water partition coefficient (Wildman–Crippen LogP) is 4.21. The molecule has 0 bridgehead atoms. The normalized spacial score (nSPS) is 12.5. The standard InChI is InChI=1S/C16H16BrNO3S/c1-12(2)16(13-6-4-3-5-7-13)18-21-22(19,20)15-10-8-14(17)9-11-15/h3-12H,1-2H3. The average Bonchev–Trinajstić information content (AvgIpc) is 2.48. The van der Waals surface area contributed by atoms with Gasteiger partial charge < -0.3 is 0 Å². The Morgan fingerprint density at radius 3 is 2.18 bits per heavy atom. The van der Waals surface area contributed by atoms with Crippen LogP contribution in [0.3, 0.4) is 0 Å². The summed E-state index contributed by atoms with van der Waals surface area (Å²) in [6.45, 7) is 3.86. The van der Waals surface area contributed by atoms with Crippen molar-refractivity contribution in [3.8, 4) is 0 Å². The topological polar surface area (TPSA) is 55.7 Å². The Hall–Kier alpha value is -1.66. The molecule has 116 valence electrons. The van der Waals surface area contributed by atoms with E-state index in [1.807, 2.05) is 44.2 Å². The van der Waals surface area contributed by atoms with E-state index in [4.69, 9.17) is 4.28 Å². The predicted molar refractivity (Wildman–Crippen MR) is 90.2 cm³/mol. The second-order valence-electron chi connectivity index (χ2n) is 4.98. The monoisotopic (exact) mass is 381 g/mol. The molecule has 22 heavy (non-hydrogen) atoms. The number of hydrogen-bond acceptors (Lipinski definition) is 4. The lowest BCUT2D eigenvalue weighted by atomic mass is 10.0. The Bertz CT molecular complexity index is 754. The molecule has 0 saturated heterocycles. The van der Waals surface area contributed by atoms with Crippen LogP contribution in [-0.4, -0.2) is 14.1 Å². The second-order valence-corrected chi connectivity index (χ2v) is 7.42. The molecule has 0 aliphatic carbocycles. The van der Waals surface area contributed by atoms with Crippen molar-refractivity contribution in [2.45, 2.75) is 18.7 Å². The van der Waals surface area contributed by atoms with Crippen LogP contribution in [0.5, 0.6) is 0 Å². The summed E-state index contributed by atoms with van der Waals surface area (Å²) in [5, 5.41) is 3.88. The molecule has 0 unspecified atom stereocenters. The van der Waals surface area contributed by atoms with Gasteiger partial charge in [-0.15, -0.1) is 0 Å². The maximum absolute atomic E-state index is 12.2. The van der Waals surface area contributed by atoms with E-state index in [9.17, 15) is 8.42 Å². The third kappa shape index (κ3) is 4.18. The minimum Gasteiger partial charge on any atom is -0.264 e. The Kier molecular flexibility index (Phi) is 5.37. The van der Waals surface area contributed by atoms with E-state index < -0.39 is 10.1 Å². The highest BCUT2D eigenvalue weighted by molar-refractivity contribution is 9.10. The third-order valence-electron chi connectivity index (χ3n) is 2.95. The van der Waals surface area contributed by atoms with Gasteiger partial charge in [-0.1, -0.05) is 65.3 Å². The summed E-state index contributed by atoms with van der Waals surface area (Å²) in [6.07, 6.45) is 0. The molecule has 0 spiro atoms. The summed E-state index contributed by atoms with van der Waals surface area (Å²) in [6, 6.07) is 15.6. The highest BCUT2D eigenvalue weighted by Gasteiger charge is 2.17. The minimum absolute atomic E-state index is 0.0301. The SMILES string of the molecule is CC(C)C(=NOS(=O)(=O)c1ccc(Br)cc1)c1ccccc1. The number of hydrogen-bond donors (Lipinski definition) is 0. The molecular weight excluding hydrogens is 366 g/mol. The van der Waals surface area contributed by atoms with Crippen molar-refractivity contribution in [1.29, 1.82) is 0 Å². The van der Waals surface area contributed by atoms with E-state index in [0.29, 0.717) is 5.71 Å². The highest BCUT2D eigenvalue weighted by Crippen LogP contribution is 2.18. The summed E-state index contributed by atoms with van der Waals surface area (Å²) < 4.78 is 30.0. The number of benzene rings is 2. The summed E-state index contributed by atoms with van der Waals surface area (Å²) in [4.78, 5) is 0.0654. The molecule has 0 atom stereocenters. The van der Waals surface area contributed by atoms with E-state index in [1.165, 1.54) is 12.1 Å². The summed E-state index contributed by atoms with van der Waals surface area (Å²) in [5.74, 6) is 0.0301. The van der Waals surface area contributed by atoms with Crippen LogP contribution >= 0.6 is 15.9 Å². The fourth-order valence-corrected chi connectivity index (χ4v) is 2.83. The molecule has 0 fully saturated rings. The molecule has 0 radical (unpaired) electrons. The van der Waals surface area contributed by atoms with E-state index in [2.05, 4.69) is 21.1 Å². The summed E-state index contributed by atoms with van der Waals surface area (Å²) in [5.41, 5.74) is 1.42. The zero-order chi connectivity index (χ0) is 16.2. The molecule has 0 N–H and O–H groups in total. The van der Waals surface area contributed by atoms with Crippen LogP contribution in [0.15, 0.2) is 69.1 Å². The zero-order valence-electron chi connectivity index (χ0n) is 12.2. The molecule has 0 aliphatic rings. The van der Waals surface area contributed by atoms with Crippen LogP contribution in [0.4, 0.5) is 0 Å². The van der Waals surface area contributed by atoms with Crippen LogP contribution in [-0.2, 0) is 14.4 Å². The molecule has 0 amide bonds. The molecule has 2 rings (SSSR count). The molecule has 0 aliphatic heterocycles.